The van der Waals surface area contributed by atoms with Crippen molar-refractivity contribution in [3.8, 4) is 0 Å². The van der Waals surface area contributed by atoms with E-state index in [-0.39, 0.29) is 17.9 Å². The lowest BCUT2D eigenvalue weighted by molar-refractivity contribution is -0.140. The smallest absolute Gasteiger partial charge is 0.295 e. The highest BCUT2D eigenvalue weighted by Crippen LogP contribution is 2.40. The number of nitrogens with zero attached hydrogens (tertiary/aromatic N) is 2. The number of hydrogen-bond acceptors (Lipinski definition) is 5. The van der Waals surface area contributed by atoms with Crippen molar-refractivity contribution in [2.45, 2.75) is 12.6 Å². The number of aromatic nitrogens is 1. The summed E-state index contributed by atoms with van der Waals surface area (Å²) in [5.74, 6) is -1.58. The van der Waals surface area contributed by atoms with Gasteiger partial charge in [0.2, 0.25) is 0 Å². The third kappa shape index (κ3) is 3.32. The number of carbonyl (C=O) groups excluding carboxylic acids is 2. The minimum atomic E-state index is -0.716. The number of aliphatic hydroxyl groups excluding tert-OH is 1. The molecular formula is C21H15ClN2O3S. The van der Waals surface area contributed by atoms with Gasteiger partial charge in [0.15, 0.2) is 0 Å². The van der Waals surface area contributed by atoms with E-state index in [1.54, 1.807) is 48.8 Å². The molecule has 0 spiro atoms. The van der Waals surface area contributed by atoms with E-state index in [4.69, 9.17) is 11.6 Å². The highest BCUT2D eigenvalue weighted by molar-refractivity contribution is 7.09. The zero-order chi connectivity index (χ0) is 19.7. The van der Waals surface area contributed by atoms with Crippen molar-refractivity contribution in [3.05, 3.63) is 92.9 Å². The van der Waals surface area contributed by atoms with Gasteiger partial charge in [-0.25, -0.2) is 0 Å². The van der Waals surface area contributed by atoms with E-state index in [0.29, 0.717) is 16.1 Å². The summed E-state index contributed by atoms with van der Waals surface area (Å²) in [6.07, 6.45) is 3.22. The van der Waals surface area contributed by atoms with E-state index >= 15 is 0 Å². The Balaban J connectivity index is 1.85. The summed E-state index contributed by atoms with van der Waals surface area (Å²) in [4.78, 5) is 32.2. The Bertz CT molecular complexity index is 1050. The van der Waals surface area contributed by atoms with Crippen molar-refractivity contribution >= 4 is 40.4 Å². The van der Waals surface area contributed by atoms with E-state index in [1.807, 2.05) is 17.5 Å². The third-order valence-corrected chi connectivity index (χ3v) is 5.68. The Labute approximate surface area is 170 Å². The van der Waals surface area contributed by atoms with Gasteiger partial charge in [-0.05, 0) is 47.3 Å². The van der Waals surface area contributed by atoms with Crippen LogP contribution in [0, 0.1) is 0 Å². The first-order valence-electron chi connectivity index (χ1n) is 8.53. The Morgan fingerprint density at radius 1 is 1.14 bits per heavy atom. The Kier molecular flexibility index (Phi) is 4.98. The molecule has 1 N–H and O–H groups in total. The predicted octanol–water partition coefficient (Wildman–Crippen LogP) is 4.42. The molecule has 1 fully saturated rings. The Morgan fingerprint density at radius 3 is 2.57 bits per heavy atom. The summed E-state index contributed by atoms with van der Waals surface area (Å²) >= 11 is 7.42. The molecule has 0 aliphatic carbocycles. The second-order valence-electron chi connectivity index (χ2n) is 6.30. The number of carbonyl (C=O) groups is 2. The molecule has 0 radical (unpaired) electrons. The molecule has 1 saturated heterocycles. The Hall–Kier alpha value is -2.96. The van der Waals surface area contributed by atoms with Crippen molar-refractivity contribution in [1.82, 2.24) is 9.88 Å². The molecule has 1 aromatic carbocycles. The molecule has 28 heavy (non-hydrogen) atoms. The molecule has 1 amide bonds. The number of thiophene rings is 1. The third-order valence-electron chi connectivity index (χ3n) is 4.56. The second-order valence-corrected chi connectivity index (χ2v) is 7.77. The van der Waals surface area contributed by atoms with Crippen LogP contribution in [0.1, 0.15) is 22.0 Å². The normalized spacial score (nSPS) is 18.6. The first-order valence-corrected chi connectivity index (χ1v) is 9.78. The van der Waals surface area contributed by atoms with Gasteiger partial charge in [-0.15, -0.1) is 11.3 Å². The first-order chi connectivity index (χ1) is 13.6. The van der Waals surface area contributed by atoms with Gasteiger partial charge in [-0.1, -0.05) is 23.7 Å². The molecule has 1 aliphatic heterocycles. The molecule has 140 valence electrons. The fraction of sp³-hybridized carbons (Fsp3) is 0.0952. The highest BCUT2D eigenvalue weighted by atomic mass is 35.5. The van der Waals surface area contributed by atoms with Crippen molar-refractivity contribution in [1.29, 1.82) is 0 Å². The fourth-order valence-corrected chi connectivity index (χ4v) is 4.09. The molecule has 4 rings (SSSR count). The van der Waals surface area contributed by atoms with Crippen LogP contribution in [0.2, 0.25) is 5.02 Å². The van der Waals surface area contributed by atoms with E-state index in [9.17, 15) is 14.7 Å². The van der Waals surface area contributed by atoms with Gasteiger partial charge >= 0.3 is 0 Å². The number of pyridine rings is 1. The van der Waals surface area contributed by atoms with Crippen LogP contribution in [0.4, 0.5) is 0 Å². The molecular weight excluding hydrogens is 396 g/mol. The minimum absolute atomic E-state index is 0.0527. The average Bonchev–Trinajstić information content (AvgIpc) is 3.31. The van der Waals surface area contributed by atoms with Crippen molar-refractivity contribution in [2.75, 3.05) is 0 Å². The molecule has 2 aromatic heterocycles. The minimum Gasteiger partial charge on any atom is -0.507 e. The molecule has 1 aliphatic rings. The molecule has 3 heterocycles. The largest absolute Gasteiger partial charge is 0.507 e. The zero-order valence-corrected chi connectivity index (χ0v) is 16.2. The van der Waals surface area contributed by atoms with Crippen molar-refractivity contribution < 1.29 is 14.7 Å². The van der Waals surface area contributed by atoms with Crippen LogP contribution >= 0.6 is 22.9 Å². The highest BCUT2D eigenvalue weighted by Gasteiger charge is 2.46. The lowest BCUT2D eigenvalue weighted by Crippen LogP contribution is -2.28. The number of halogens is 1. The van der Waals surface area contributed by atoms with Crippen LogP contribution in [0.25, 0.3) is 5.76 Å². The number of ketones is 1. The zero-order valence-electron chi connectivity index (χ0n) is 14.6. The SMILES string of the molecule is O=C1C(=O)N(Cc2cccs2)C(c2cccnc2)/C1=C(/O)c1ccc(Cl)cc1. The molecule has 3 aromatic rings. The maximum Gasteiger partial charge on any atom is 0.295 e. The van der Waals surface area contributed by atoms with Crippen molar-refractivity contribution in [3.63, 3.8) is 0 Å². The summed E-state index contributed by atoms with van der Waals surface area (Å²) in [5.41, 5.74) is 1.14. The van der Waals surface area contributed by atoms with E-state index in [1.165, 1.54) is 16.2 Å². The number of benzene rings is 1. The van der Waals surface area contributed by atoms with E-state index in [2.05, 4.69) is 4.98 Å². The molecule has 1 atom stereocenters. The van der Waals surface area contributed by atoms with Crippen LogP contribution in [0.5, 0.6) is 0 Å². The number of aliphatic hydroxyl groups is 1. The van der Waals surface area contributed by atoms with Crippen molar-refractivity contribution in [2.24, 2.45) is 0 Å². The summed E-state index contributed by atoms with van der Waals surface area (Å²) in [7, 11) is 0. The van der Waals surface area contributed by atoms with E-state index < -0.39 is 17.7 Å². The quantitative estimate of drug-likeness (QED) is 0.392. The molecule has 0 saturated carbocycles. The predicted molar refractivity (Wildman–Crippen MR) is 108 cm³/mol. The maximum atomic E-state index is 12.9. The summed E-state index contributed by atoms with van der Waals surface area (Å²) in [6.45, 7) is 0.277. The second kappa shape index (κ2) is 7.58. The number of amides is 1. The lowest BCUT2D eigenvalue weighted by Gasteiger charge is -2.24. The van der Waals surface area contributed by atoms with E-state index in [0.717, 1.165) is 4.88 Å². The van der Waals surface area contributed by atoms with Crippen LogP contribution in [-0.4, -0.2) is 26.7 Å². The summed E-state index contributed by atoms with van der Waals surface area (Å²) in [5, 5.41) is 13.3. The van der Waals surface area contributed by atoms with Gasteiger partial charge in [-0.2, -0.15) is 0 Å². The van der Waals surface area contributed by atoms with Crippen LogP contribution in [-0.2, 0) is 16.1 Å². The standard InChI is InChI=1S/C21H15ClN2O3S/c22-15-7-5-13(6-8-15)19(25)17-18(14-3-1-9-23-11-14)24(21(27)20(17)26)12-16-4-2-10-28-16/h1-11,18,25H,12H2/b19-17-. The molecule has 5 nitrogen and oxygen atoms in total. The van der Waals surface area contributed by atoms with Crippen LogP contribution in [0.3, 0.4) is 0 Å². The van der Waals surface area contributed by atoms with Gasteiger partial charge in [0.05, 0.1) is 18.2 Å². The fourth-order valence-electron chi connectivity index (χ4n) is 3.26. The van der Waals surface area contributed by atoms with Gasteiger partial charge in [0, 0.05) is 27.9 Å². The lowest BCUT2D eigenvalue weighted by atomic mass is 9.96. The monoisotopic (exact) mass is 410 g/mol. The maximum absolute atomic E-state index is 12.9. The molecule has 7 heteroatoms. The summed E-state index contributed by atoms with van der Waals surface area (Å²) < 4.78 is 0. The van der Waals surface area contributed by atoms with Crippen LogP contribution < -0.4 is 0 Å². The number of rotatable bonds is 4. The molecule has 0 bridgehead atoms. The van der Waals surface area contributed by atoms with Gasteiger partial charge in [0.1, 0.15) is 5.76 Å². The average molecular weight is 411 g/mol. The number of hydrogen-bond donors (Lipinski definition) is 1. The first kappa shape index (κ1) is 18.4. The summed E-state index contributed by atoms with van der Waals surface area (Å²) in [6, 6.07) is 13.1. The van der Waals surface area contributed by atoms with Gasteiger partial charge < -0.3 is 10.0 Å². The number of Topliss-reactive ketones (excluding diaryl/α,β-unsaturated/α-hetero) is 1. The molecule has 1 unspecified atom stereocenters. The number of likely N-dealkylation sites (tertiary alicyclic amines) is 1. The van der Waals surface area contributed by atoms with Crippen LogP contribution in [0.15, 0.2) is 71.9 Å². The Morgan fingerprint density at radius 2 is 1.93 bits per heavy atom. The topological polar surface area (TPSA) is 70.5 Å². The van der Waals surface area contributed by atoms with Gasteiger partial charge in [-0.3, -0.25) is 14.6 Å². The van der Waals surface area contributed by atoms with Gasteiger partial charge in [0.25, 0.3) is 11.7 Å².